The van der Waals surface area contributed by atoms with Crippen molar-refractivity contribution < 1.29 is 0 Å². The van der Waals surface area contributed by atoms with Gasteiger partial charge < -0.3 is 4.90 Å². The fraction of sp³-hybridized carbons (Fsp3) is 0.313. The molecule has 0 N–H and O–H groups in total. The highest BCUT2D eigenvalue weighted by atomic mass is 15.1. The van der Waals surface area contributed by atoms with E-state index in [0.29, 0.717) is 10.8 Å². The van der Waals surface area contributed by atoms with E-state index >= 15 is 0 Å². The van der Waals surface area contributed by atoms with E-state index in [4.69, 9.17) is 0 Å². The first kappa shape index (κ1) is 38.8. The van der Waals surface area contributed by atoms with E-state index in [1.54, 1.807) is 11.1 Å². The quantitative estimate of drug-likeness (QED) is 0.161. The molecule has 1 nitrogen and oxygen atoms in total. The Kier molecular flexibility index (Phi) is 7.96. The summed E-state index contributed by atoms with van der Waals surface area (Å²) in [7, 11) is 0. The van der Waals surface area contributed by atoms with Crippen LogP contribution in [-0.2, 0) is 16.2 Å². The number of benzene rings is 8. The van der Waals surface area contributed by atoms with Crippen molar-refractivity contribution in [3.05, 3.63) is 209 Å². The van der Waals surface area contributed by atoms with Gasteiger partial charge >= 0.3 is 0 Å². The fourth-order valence-corrected chi connectivity index (χ4v) is 18.3. The lowest BCUT2D eigenvalue weighted by molar-refractivity contribution is -0.00530. The second-order valence-electron chi connectivity index (χ2n) is 23.7. The van der Waals surface area contributed by atoms with Crippen molar-refractivity contribution in [3.63, 3.8) is 0 Å². The van der Waals surface area contributed by atoms with E-state index in [1.165, 1.54) is 161 Å². The summed E-state index contributed by atoms with van der Waals surface area (Å²) in [5.41, 5.74) is 21.3. The molecule has 8 aromatic rings. The Morgan fingerprint density at radius 2 is 0.838 bits per heavy atom. The first-order valence-electron chi connectivity index (χ1n) is 26.5. The van der Waals surface area contributed by atoms with Gasteiger partial charge in [0.05, 0.1) is 11.1 Å². The maximum absolute atomic E-state index is 2.81. The number of fused-ring (bicyclic) bond motifs is 11. The molecule has 18 rings (SSSR count). The summed E-state index contributed by atoms with van der Waals surface area (Å²) in [6.07, 6.45) is 17.1. The summed E-state index contributed by atoms with van der Waals surface area (Å²) in [4.78, 5) is 2.55. The molecule has 68 heavy (non-hydrogen) atoms. The zero-order valence-corrected chi connectivity index (χ0v) is 39.1. The van der Waals surface area contributed by atoms with Gasteiger partial charge in [0.1, 0.15) is 0 Å². The van der Waals surface area contributed by atoms with E-state index in [0.717, 1.165) is 35.5 Å². The predicted molar refractivity (Wildman–Crippen MR) is 280 cm³/mol. The minimum absolute atomic E-state index is 0.315. The highest BCUT2D eigenvalue weighted by Gasteiger charge is 2.57. The summed E-state index contributed by atoms with van der Waals surface area (Å²) in [5.74, 6) is 5.44. The van der Waals surface area contributed by atoms with Crippen LogP contribution in [0, 0.1) is 35.5 Å². The molecule has 8 bridgehead atoms. The van der Waals surface area contributed by atoms with Gasteiger partial charge in [0.15, 0.2) is 0 Å². The molecule has 8 fully saturated rings. The molecule has 332 valence electrons. The second-order valence-corrected chi connectivity index (χ2v) is 23.7. The molecule has 0 radical (unpaired) electrons. The Bertz CT molecular complexity index is 3200. The Morgan fingerprint density at radius 3 is 1.46 bits per heavy atom. The summed E-state index contributed by atoms with van der Waals surface area (Å²) in [6, 6.07) is 69.1. The molecule has 0 saturated heterocycles. The normalized spacial score (nSPS) is 30.4. The number of hydrogen-bond donors (Lipinski definition) is 0. The van der Waals surface area contributed by atoms with Crippen molar-refractivity contribution in [2.24, 2.45) is 35.5 Å². The molecule has 8 saturated carbocycles. The molecule has 0 aromatic heterocycles. The number of anilines is 3. The van der Waals surface area contributed by atoms with Gasteiger partial charge in [0, 0.05) is 16.9 Å². The average Bonchev–Trinajstić information content (AvgIpc) is 3.83. The monoisotopic (exact) mass is 877 g/mol. The van der Waals surface area contributed by atoms with Gasteiger partial charge in [-0.05, 0) is 226 Å². The van der Waals surface area contributed by atoms with Crippen molar-refractivity contribution in [1.82, 2.24) is 0 Å². The van der Waals surface area contributed by atoms with Crippen molar-refractivity contribution in [2.75, 3.05) is 4.90 Å². The van der Waals surface area contributed by atoms with Crippen molar-refractivity contribution in [3.8, 4) is 33.4 Å². The minimum atomic E-state index is -0.413. The fourth-order valence-electron chi connectivity index (χ4n) is 18.3. The van der Waals surface area contributed by atoms with Crippen LogP contribution in [-0.4, -0.2) is 0 Å². The van der Waals surface area contributed by atoms with Crippen LogP contribution in [0.4, 0.5) is 17.1 Å². The van der Waals surface area contributed by atoms with Crippen LogP contribution in [0.1, 0.15) is 110 Å². The number of rotatable bonds is 6. The first-order valence-corrected chi connectivity index (χ1v) is 26.5. The summed E-state index contributed by atoms with van der Waals surface area (Å²) < 4.78 is 0. The van der Waals surface area contributed by atoms with Gasteiger partial charge in [0.25, 0.3) is 0 Å². The maximum Gasteiger partial charge on any atom is 0.0726 e. The third kappa shape index (κ3) is 5.29. The molecule has 0 aliphatic heterocycles. The molecule has 8 aromatic carbocycles. The SMILES string of the molecule is c1ccc(N(c2ccc(-c3cccc4ccccc34)cc2)c2cccc3c2-c2ccccc2C32c3cc(C45CC6CC(CC(C6)C4)C5)ccc3-c3ccc(C45CC6CC(CC(C6)C4)C5)cc32)cc1. The molecule has 0 amide bonds. The zero-order chi connectivity index (χ0) is 44.3. The molecule has 1 heteroatoms. The summed E-state index contributed by atoms with van der Waals surface area (Å²) in [6.45, 7) is 0. The minimum Gasteiger partial charge on any atom is -0.310 e. The van der Waals surface area contributed by atoms with E-state index in [2.05, 4.69) is 181 Å². The lowest BCUT2D eigenvalue weighted by atomic mass is 9.48. The van der Waals surface area contributed by atoms with Gasteiger partial charge in [-0.2, -0.15) is 0 Å². The van der Waals surface area contributed by atoms with Gasteiger partial charge in [-0.15, -0.1) is 0 Å². The van der Waals surface area contributed by atoms with Crippen molar-refractivity contribution >= 4 is 27.8 Å². The van der Waals surface area contributed by atoms with Crippen LogP contribution in [0.5, 0.6) is 0 Å². The Hall–Kier alpha value is -6.18. The van der Waals surface area contributed by atoms with Crippen LogP contribution in [0.25, 0.3) is 44.2 Å². The van der Waals surface area contributed by atoms with E-state index < -0.39 is 5.41 Å². The molecule has 0 atom stereocenters. The number of hydrogen-bond acceptors (Lipinski definition) is 1. The first-order chi connectivity index (χ1) is 33.5. The number of nitrogens with zero attached hydrogens (tertiary/aromatic N) is 1. The summed E-state index contributed by atoms with van der Waals surface area (Å²) in [5, 5.41) is 2.57. The van der Waals surface area contributed by atoms with Crippen LogP contribution >= 0.6 is 0 Å². The van der Waals surface area contributed by atoms with Gasteiger partial charge in [0.2, 0.25) is 0 Å². The second kappa shape index (κ2) is 14.0. The largest absolute Gasteiger partial charge is 0.310 e. The van der Waals surface area contributed by atoms with Gasteiger partial charge in [-0.3, -0.25) is 0 Å². The van der Waals surface area contributed by atoms with Crippen molar-refractivity contribution in [2.45, 2.75) is 93.3 Å². The van der Waals surface area contributed by atoms with E-state index in [9.17, 15) is 0 Å². The highest BCUT2D eigenvalue weighted by molar-refractivity contribution is 6.02. The molecule has 10 aliphatic carbocycles. The van der Waals surface area contributed by atoms with Crippen LogP contribution in [0.2, 0.25) is 0 Å². The van der Waals surface area contributed by atoms with Crippen LogP contribution in [0.3, 0.4) is 0 Å². The molecule has 10 aliphatic rings. The molecular formula is C67H59N. The third-order valence-electron chi connectivity index (χ3n) is 20.0. The van der Waals surface area contributed by atoms with Crippen LogP contribution < -0.4 is 4.90 Å². The molecule has 1 spiro atoms. The van der Waals surface area contributed by atoms with E-state index in [1.807, 2.05) is 0 Å². The standard InChI is InChI=1S/C67H59N/c1-2-12-52(13-3-1)68(53-24-20-49(21-25-53)55-16-8-11-48-10-4-5-14-54(48)55)63-19-9-18-60-64(63)58-15-6-7-17-59(58)67(60)61-34-50(65-36-42-28-43(37-65)30-44(29-42)38-65)22-26-56(61)57-27-23-51(35-62(57)67)66-39-45-31-46(40-66)33-47(32-45)41-66/h1-27,34-35,42-47H,28-33,36-41H2. The lowest BCUT2D eigenvalue weighted by Gasteiger charge is -2.57. The molecule has 0 heterocycles. The molecular weight excluding hydrogens is 819 g/mol. The zero-order valence-electron chi connectivity index (χ0n) is 39.1. The van der Waals surface area contributed by atoms with Gasteiger partial charge in [-0.1, -0.05) is 146 Å². The summed E-state index contributed by atoms with van der Waals surface area (Å²) >= 11 is 0. The van der Waals surface area contributed by atoms with Gasteiger partial charge in [-0.25, -0.2) is 0 Å². The number of para-hydroxylation sites is 1. The third-order valence-corrected chi connectivity index (χ3v) is 20.0. The Balaban J connectivity index is 0.924. The lowest BCUT2D eigenvalue weighted by Crippen LogP contribution is -2.48. The van der Waals surface area contributed by atoms with Crippen LogP contribution in [0.15, 0.2) is 176 Å². The molecule has 0 unspecified atom stereocenters. The smallest absolute Gasteiger partial charge is 0.0726 e. The topological polar surface area (TPSA) is 3.24 Å². The Labute approximate surface area is 402 Å². The van der Waals surface area contributed by atoms with Crippen molar-refractivity contribution in [1.29, 1.82) is 0 Å². The van der Waals surface area contributed by atoms with E-state index in [-0.39, 0.29) is 0 Å². The highest BCUT2D eigenvalue weighted by Crippen LogP contribution is 2.68. The Morgan fingerprint density at radius 1 is 0.353 bits per heavy atom. The predicted octanol–water partition coefficient (Wildman–Crippen LogP) is 17.3. The average molecular weight is 878 g/mol. The maximum atomic E-state index is 2.81.